The highest BCUT2D eigenvalue weighted by atomic mass is 16.5. The highest BCUT2D eigenvalue weighted by Gasteiger charge is 2.21. The highest BCUT2D eigenvalue weighted by Crippen LogP contribution is 2.22. The minimum absolute atomic E-state index is 0.409. The first kappa shape index (κ1) is 14.5. The van der Waals surface area contributed by atoms with E-state index in [1.54, 1.807) is 6.33 Å². The quantitative estimate of drug-likeness (QED) is 0.834. The monoisotopic (exact) mass is 292 g/mol. The molecule has 0 amide bonds. The molecular weight excluding hydrogens is 268 g/mol. The molecule has 0 unspecified atom stereocenters. The first-order valence-electron chi connectivity index (χ1n) is 7.88. The fraction of sp³-hybridized carbons (Fsp3) is 0.733. The molecule has 2 saturated heterocycles. The minimum atomic E-state index is 0.409. The van der Waals surface area contributed by atoms with Crippen LogP contribution in [-0.2, 0) is 9.47 Å². The standard InChI is InChI=1S/C15H24N4O2/c1-2-21-13-3-5-18(6-4-13)14-11-15(17-12-16-14)19-7-9-20-10-8-19/h11-13H,2-10H2,1H3. The molecule has 0 spiro atoms. The predicted octanol–water partition coefficient (Wildman–Crippen LogP) is 1.32. The van der Waals surface area contributed by atoms with Gasteiger partial charge in [0.25, 0.3) is 0 Å². The van der Waals surface area contributed by atoms with Gasteiger partial charge in [-0.25, -0.2) is 9.97 Å². The molecule has 1 aromatic rings. The molecule has 6 nitrogen and oxygen atoms in total. The van der Waals surface area contributed by atoms with E-state index in [4.69, 9.17) is 9.47 Å². The van der Waals surface area contributed by atoms with Crippen LogP contribution in [0, 0.1) is 0 Å². The van der Waals surface area contributed by atoms with Crippen molar-refractivity contribution in [2.75, 3.05) is 55.8 Å². The van der Waals surface area contributed by atoms with Gasteiger partial charge in [-0.15, -0.1) is 0 Å². The summed E-state index contributed by atoms with van der Waals surface area (Å²) >= 11 is 0. The summed E-state index contributed by atoms with van der Waals surface area (Å²) < 4.78 is 11.1. The molecule has 6 heteroatoms. The van der Waals surface area contributed by atoms with Crippen LogP contribution in [0.2, 0.25) is 0 Å². The van der Waals surface area contributed by atoms with Gasteiger partial charge in [0, 0.05) is 38.9 Å². The van der Waals surface area contributed by atoms with E-state index in [9.17, 15) is 0 Å². The first-order valence-corrected chi connectivity index (χ1v) is 7.88. The Hall–Kier alpha value is -1.40. The van der Waals surface area contributed by atoms with Gasteiger partial charge in [-0.2, -0.15) is 0 Å². The second-order valence-corrected chi connectivity index (χ2v) is 5.48. The van der Waals surface area contributed by atoms with Crippen LogP contribution in [0.4, 0.5) is 11.6 Å². The van der Waals surface area contributed by atoms with Crippen LogP contribution in [0.3, 0.4) is 0 Å². The highest BCUT2D eigenvalue weighted by molar-refractivity contribution is 5.50. The van der Waals surface area contributed by atoms with Gasteiger partial charge in [0.1, 0.15) is 18.0 Å². The van der Waals surface area contributed by atoms with Crippen molar-refractivity contribution in [3.8, 4) is 0 Å². The van der Waals surface area contributed by atoms with E-state index in [2.05, 4.69) is 32.8 Å². The Kier molecular flexibility index (Phi) is 4.87. The normalized spacial score (nSPS) is 20.8. The van der Waals surface area contributed by atoms with Crippen LogP contribution >= 0.6 is 0 Å². The molecule has 0 saturated carbocycles. The lowest BCUT2D eigenvalue weighted by molar-refractivity contribution is 0.0458. The largest absolute Gasteiger partial charge is 0.378 e. The lowest BCUT2D eigenvalue weighted by Crippen LogP contribution is -2.39. The van der Waals surface area contributed by atoms with E-state index in [0.717, 1.165) is 70.5 Å². The summed E-state index contributed by atoms with van der Waals surface area (Å²) in [4.78, 5) is 13.5. The maximum atomic E-state index is 5.70. The number of piperidine rings is 1. The average molecular weight is 292 g/mol. The molecule has 2 aliphatic heterocycles. The van der Waals surface area contributed by atoms with Crippen molar-refractivity contribution in [3.05, 3.63) is 12.4 Å². The van der Waals surface area contributed by atoms with Crippen molar-refractivity contribution in [2.24, 2.45) is 0 Å². The van der Waals surface area contributed by atoms with Crippen molar-refractivity contribution in [2.45, 2.75) is 25.9 Å². The smallest absolute Gasteiger partial charge is 0.134 e. The Labute approximate surface area is 126 Å². The molecule has 2 aliphatic rings. The molecule has 21 heavy (non-hydrogen) atoms. The van der Waals surface area contributed by atoms with E-state index in [1.807, 2.05) is 0 Å². The van der Waals surface area contributed by atoms with Crippen molar-refractivity contribution in [1.82, 2.24) is 9.97 Å². The molecule has 0 atom stereocenters. The Bertz CT molecular complexity index is 443. The Morgan fingerprint density at radius 3 is 2.33 bits per heavy atom. The number of anilines is 2. The lowest BCUT2D eigenvalue weighted by Gasteiger charge is -2.33. The molecule has 1 aromatic heterocycles. The predicted molar refractivity (Wildman–Crippen MR) is 81.9 cm³/mol. The van der Waals surface area contributed by atoms with Crippen LogP contribution in [0.1, 0.15) is 19.8 Å². The van der Waals surface area contributed by atoms with Crippen molar-refractivity contribution < 1.29 is 9.47 Å². The second kappa shape index (κ2) is 7.04. The Morgan fingerprint density at radius 1 is 1.10 bits per heavy atom. The summed E-state index contributed by atoms with van der Waals surface area (Å²) in [6, 6.07) is 2.10. The van der Waals surface area contributed by atoms with E-state index >= 15 is 0 Å². The van der Waals surface area contributed by atoms with Gasteiger partial charge in [0.15, 0.2) is 0 Å². The fourth-order valence-electron chi connectivity index (χ4n) is 2.96. The Balaban J connectivity index is 1.63. The molecule has 0 bridgehead atoms. The maximum absolute atomic E-state index is 5.70. The average Bonchev–Trinajstić information content (AvgIpc) is 2.57. The lowest BCUT2D eigenvalue weighted by atomic mass is 10.1. The van der Waals surface area contributed by atoms with Gasteiger partial charge in [-0.1, -0.05) is 0 Å². The zero-order valence-electron chi connectivity index (χ0n) is 12.7. The van der Waals surface area contributed by atoms with Crippen molar-refractivity contribution in [3.63, 3.8) is 0 Å². The summed E-state index contributed by atoms with van der Waals surface area (Å²) in [6.45, 7) is 8.24. The molecule has 3 heterocycles. The maximum Gasteiger partial charge on any atom is 0.134 e. The number of aromatic nitrogens is 2. The summed E-state index contributed by atoms with van der Waals surface area (Å²) in [6.07, 6.45) is 4.23. The number of morpholine rings is 1. The zero-order valence-corrected chi connectivity index (χ0v) is 12.7. The summed E-state index contributed by atoms with van der Waals surface area (Å²) in [7, 11) is 0. The third kappa shape index (κ3) is 3.63. The first-order chi connectivity index (χ1) is 10.4. The SMILES string of the molecule is CCOC1CCN(c2cc(N3CCOCC3)ncn2)CC1. The third-order valence-corrected chi connectivity index (χ3v) is 4.14. The van der Waals surface area contributed by atoms with Crippen LogP contribution < -0.4 is 9.80 Å². The second-order valence-electron chi connectivity index (χ2n) is 5.48. The van der Waals surface area contributed by atoms with Crippen LogP contribution in [0.5, 0.6) is 0 Å². The molecule has 0 N–H and O–H groups in total. The van der Waals surface area contributed by atoms with E-state index in [-0.39, 0.29) is 0 Å². The van der Waals surface area contributed by atoms with Gasteiger partial charge < -0.3 is 19.3 Å². The fourth-order valence-corrected chi connectivity index (χ4v) is 2.96. The number of ether oxygens (including phenoxy) is 2. The molecule has 3 rings (SSSR count). The minimum Gasteiger partial charge on any atom is -0.378 e. The van der Waals surface area contributed by atoms with Gasteiger partial charge in [-0.3, -0.25) is 0 Å². The van der Waals surface area contributed by atoms with Gasteiger partial charge in [0.05, 0.1) is 19.3 Å². The number of rotatable bonds is 4. The van der Waals surface area contributed by atoms with E-state index < -0.39 is 0 Å². The molecule has 0 radical (unpaired) electrons. The number of hydrogen-bond acceptors (Lipinski definition) is 6. The van der Waals surface area contributed by atoms with E-state index in [0.29, 0.717) is 6.10 Å². The molecule has 2 fully saturated rings. The summed E-state index contributed by atoms with van der Waals surface area (Å²) in [5.41, 5.74) is 0. The molecule has 0 aliphatic carbocycles. The third-order valence-electron chi connectivity index (χ3n) is 4.14. The van der Waals surface area contributed by atoms with Crippen LogP contribution in [0.15, 0.2) is 12.4 Å². The van der Waals surface area contributed by atoms with E-state index in [1.165, 1.54) is 0 Å². The molecule has 116 valence electrons. The Morgan fingerprint density at radius 2 is 1.71 bits per heavy atom. The molecule has 0 aromatic carbocycles. The summed E-state index contributed by atoms with van der Waals surface area (Å²) in [5.74, 6) is 2.04. The number of nitrogens with zero attached hydrogens (tertiary/aromatic N) is 4. The van der Waals surface area contributed by atoms with Crippen molar-refractivity contribution >= 4 is 11.6 Å². The van der Waals surface area contributed by atoms with Crippen LogP contribution in [-0.4, -0.2) is 62.1 Å². The zero-order chi connectivity index (χ0) is 14.5. The number of hydrogen-bond donors (Lipinski definition) is 0. The van der Waals surface area contributed by atoms with Gasteiger partial charge in [0.2, 0.25) is 0 Å². The topological polar surface area (TPSA) is 50.7 Å². The van der Waals surface area contributed by atoms with Gasteiger partial charge >= 0.3 is 0 Å². The summed E-state index contributed by atoms with van der Waals surface area (Å²) in [5, 5.41) is 0. The van der Waals surface area contributed by atoms with Crippen LogP contribution in [0.25, 0.3) is 0 Å². The van der Waals surface area contributed by atoms with Gasteiger partial charge in [-0.05, 0) is 19.8 Å². The molecular formula is C15H24N4O2. The van der Waals surface area contributed by atoms with Crippen molar-refractivity contribution in [1.29, 1.82) is 0 Å².